The average molecular weight is 494 g/mol. The first-order valence-corrected chi connectivity index (χ1v) is 13.1. The maximum absolute atomic E-state index is 13.6. The van der Waals surface area contributed by atoms with Crippen molar-refractivity contribution in [3.63, 3.8) is 0 Å². The Morgan fingerprint density at radius 3 is 2.36 bits per heavy atom. The van der Waals surface area contributed by atoms with Crippen molar-refractivity contribution in [2.75, 3.05) is 51.8 Å². The van der Waals surface area contributed by atoms with Crippen molar-refractivity contribution in [3.05, 3.63) is 60.2 Å². The van der Waals surface area contributed by atoms with Gasteiger partial charge in [0.05, 0.1) is 19.1 Å². The monoisotopic (exact) mass is 493 g/mol. The normalized spacial score (nSPS) is 18.2. The van der Waals surface area contributed by atoms with E-state index < -0.39 is 0 Å². The van der Waals surface area contributed by atoms with Crippen molar-refractivity contribution in [2.45, 2.75) is 44.8 Å². The van der Waals surface area contributed by atoms with Crippen LogP contribution in [-0.2, 0) is 20.9 Å². The molecule has 2 aromatic carbocycles. The summed E-state index contributed by atoms with van der Waals surface area (Å²) in [6.45, 7) is 3.59. The summed E-state index contributed by atoms with van der Waals surface area (Å²) in [6, 6.07) is 17.9. The van der Waals surface area contributed by atoms with Crippen LogP contribution in [-0.4, -0.2) is 74.7 Å². The first kappa shape index (κ1) is 26.0. The van der Waals surface area contributed by atoms with Crippen LogP contribution in [0.5, 0.6) is 5.75 Å². The molecule has 2 aliphatic heterocycles. The van der Waals surface area contributed by atoms with Gasteiger partial charge in [0.15, 0.2) is 0 Å². The van der Waals surface area contributed by atoms with Crippen LogP contribution in [0.15, 0.2) is 54.6 Å². The lowest BCUT2D eigenvalue weighted by Crippen LogP contribution is -2.46. The summed E-state index contributed by atoms with van der Waals surface area (Å²) in [5, 5.41) is 0. The Morgan fingerprint density at radius 2 is 1.72 bits per heavy atom. The second kappa shape index (κ2) is 12.8. The van der Waals surface area contributed by atoms with E-state index in [4.69, 9.17) is 9.47 Å². The Bertz CT molecular complexity index is 966. The maximum atomic E-state index is 13.6. The topological polar surface area (TPSA) is 62.3 Å². The molecule has 1 unspecified atom stereocenters. The first-order chi connectivity index (χ1) is 17.5. The van der Waals surface area contributed by atoms with Crippen molar-refractivity contribution >= 4 is 17.5 Å². The highest BCUT2D eigenvalue weighted by Gasteiger charge is 2.32. The summed E-state index contributed by atoms with van der Waals surface area (Å²) >= 11 is 0. The molecule has 7 heteroatoms. The van der Waals surface area contributed by atoms with Crippen LogP contribution in [0.4, 0.5) is 5.69 Å². The van der Waals surface area contributed by atoms with Gasteiger partial charge in [-0.15, -0.1) is 0 Å². The SMILES string of the molecule is CN(C)c1ccc(CN(CC2CCCO2)C(=O)C2CCN(C(=O)CCOc3ccccc3)CC2)cc1. The van der Waals surface area contributed by atoms with Crippen LogP contribution >= 0.6 is 0 Å². The number of likely N-dealkylation sites (tertiary alicyclic amines) is 1. The molecule has 4 rings (SSSR count). The molecule has 0 aromatic heterocycles. The molecule has 0 saturated carbocycles. The number of anilines is 1. The molecule has 0 spiro atoms. The van der Waals surface area contributed by atoms with Crippen LogP contribution in [0.3, 0.4) is 0 Å². The molecule has 194 valence electrons. The third-order valence-electron chi connectivity index (χ3n) is 7.11. The van der Waals surface area contributed by atoms with Gasteiger partial charge in [0.1, 0.15) is 5.75 Å². The highest BCUT2D eigenvalue weighted by Crippen LogP contribution is 2.24. The third kappa shape index (κ3) is 7.23. The lowest BCUT2D eigenvalue weighted by atomic mass is 9.94. The summed E-state index contributed by atoms with van der Waals surface area (Å²) < 4.78 is 11.5. The van der Waals surface area contributed by atoms with Gasteiger partial charge in [0.25, 0.3) is 0 Å². The highest BCUT2D eigenvalue weighted by molar-refractivity contribution is 5.80. The molecule has 2 amide bonds. The van der Waals surface area contributed by atoms with E-state index in [2.05, 4.69) is 29.2 Å². The van der Waals surface area contributed by atoms with Gasteiger partial charge < -0.3 is 24.2 Å². The highest BCUT2D eigenvalue weighted by atomic mass is 16.5. The van der Waals surface area contributed by atoms with E-state index in [0.29, 0.717) is 52.0 Å². The first-order valence-electron chi connectivity index (χ1n) is 13.1. The molecule has 7 nitrogen and oxygen atoms in total. The molecule has 2 aromatic rings. The van der Waals surface area contributed by atoms with E-state index in [0.717, 1.165) is 36.4 Å². The minimum Gasteiger partial charge on any atom is -0.493 e. The minimum absolute atomic E-state index is 0.0583. The van der Waals surface area contributed by atoms with Gasteiger partial charge in [-0.2, -0.15) is 0 Å². The number of hydrogen-bond acceptors (Lipinski definition) is 5. The van der Waals surface area contributed by atoms with Crippen LogP contribution in [0, 0.1) is 5.92 Å². The fraction of sp³-hybridized carbons (Fsp3) is 0.517. The summed E-state index contributed by atoms with van der Waals surface area (Å²) in [4.78, 5) is 32.2. The van der Waals surface area contributed by atoms with E-state index in [1.54, 1.807) is 0 Å². The van der Waals surface area contributed by atoms with Crippen LogP contribution in [0.2, 0.25) is 0 Å². The number of carbonyl (C=O) groups is 2. The van der Waals surface area contributed by atoms with Gasteiger partial charge in [-0.3, -0.25) is 9.59 Å². The smallest absolute Gasteiger partial charge is 0.226 e. The van der Waals surface area contributed by atoms with E-state index in [9.17, 15) is 9.59 Å². The number of amides is 2. The Hall–Kier alpha value is -3.06. The molecule has 36 heavy (non-hydrogen) atoms. The van der Waals surface area contributed by atoms with Gasteiger partial charge in [0, 0.05) is 58.5 Å². The van der Waals surface area contributed by atoms with E-state index in [-0.39, 0.29) is 23.8 Å². The number of hydrogen-bond donors (Lipinski definition) is 0. The van der Waals surface area contributed by atoms with Gasteiger partial charge in [-0.05, 0) is 55.5 Å². The quantitative estimate of drug-likeness (QED) is 0.501. The summed E-state index contributed by atoms with van der Waals surface area (Å²) in [6.07, 6.45) is 3.92. The van der Waals surface area contributed by atoms with E-state index in [1.165, 1.54) is 0 Å². The van der Waals surface area contributed by atoms with Crippen LogP contribution < -0.4 is 9.64 Å². The predicted molar refractivity (Wildman–Crippen MR) is 141 cm³/mol. The summed E-state index contributed by atoms with van der Waals surface area (Å²) in [7, 11) is 4.05. The standard InChI is InChI=1S/C29H39N3O4/c1-30(2)25-12-10-23(11-13-25)21-32(22-27-9-6-19-35-27)29(34)24-14-17-31(18-15-24)28(33)16-20-36-26-7-4-3-5-8-26/h3-5,7-8,10-13,24,27H,6,9,14-22H2,1-2H3. The molecule has 0 N–H and O–H groups in total. The largest absolute Gasteiger partial charge is 0.493 e. The number of para-hydroxylation sites is 1. The second-order valence-electron chi connectivity index (χ2n) is 9.98. The van der Waals surface area contributed by atoms with Crippen molar-refractivity contribution in [1.82, 2.24) is 9.80 Å². The molecule has 2 saturated heterocycles. The van der Waals surface area contributed by atoms with Gasteiger partial charge in [-0.25, -0.2) is 0 Å². The lowest BCUT2D eigenvalue weighted by Gasteiger charge is -2.35. The van der Waals surface area contributed by atoms with Crippen molar-refractivity contribution in [3.8, 4) is 5.75 Å². The second-order valence-corrected chi connectivity index (χ2v) is 9.98. The van der Waals surface area contributed by atoms with Gasteiger partial charge in [-0.1, -0.05) is 30.3 Å². The fourth-order valence-corrected chi connectivity index (χ4v) is 4.95. The number of rotatable bonds is 10. The van der Waals surface area contributed by atoms with Crippen LogP contribution in [0.1, 0.15) is 37.7 Å². The number of nitrogens with zero attached hydrogens (tertiary/aromatic N) is 3. The van der Waals surface area contributed by atoms with E-state index >= 15 is 0 Å². The molecular formula is C29H39N3O4. The van der Waals surface area contributed by atoms with Crippen molar-refractivity contribution < 1.29 is 19.1 Å². The Morgan fingerprint density at radius 1 is 1.00 bits per heavy atom. The molecule has 2 heterocycles. The zero-order valence-electron chi connectivity index (χ0n) is 21.6. The molecule has 0 aliphatic carbocycles. The zero-order chi connectivity index (χ0) is 25.3. The van der Waals surface area contributed by atoms with Crippen LogP contribution in [0.25, 0.3) is 0 Å². The number of benzene rings is 2. The molecule has 2 aliphatic rings. The molecular weight excluding hydrogens is 454 g/mol. The van der Waals surface area contributed by atoms with Crippen molar-refractivity contribution in [2.24, 2.45) is 5.92 Å². The average Bonchev–Trinajstić information content (AvgIpc) is 3.42. The Kier molecular flexibility index (Phi) is 9.23. The molecule has 0 radical (unpaired) electrons. The number of carbonyl (C=O) groups excluding carboxylic acids is 2. The molecule has 0 bridgehead atoms. The van der Waals surface area contributed by atoms with Crippen molar-refractivity contribution in [1.29, 1.82) is 0 Å². The summed E-state index contributed by atoms with van der Waals surface area (Å²) in [5.74, 6) is 0.991. The number of piperidine rings is 1. The van der Waals surface area contributed by atoms with E-state index in [1.807, 2.05) is 54.2 Å². The minimum atomic E-state index is -0.0583. The Balaban J connectivity index is 1.29. The predicted octanol–water partition coefficient (Wildman–Crippen LogP) is 3.97. The maximum Gasteiger partial charge on any atom is 0.226 e. The third-order valence-corrected chi connectivity index (χ3v) is 7.11. The lowest BCUT2D eigenvalue weighted by molar-refractivity contribution is -0.142. The molecule has 2 fully saturated rings. The summed E-state index contributed by atoms with van der Waals surface area (Å²) in [5.41, 5.74) is 2.26. The molecule has 1 atom stereocenters. The fourth-order valence-electron chi connectivity index (χ4n) is 4.95. The van der Waals surface area contributed by atoms with Gasteiger partial charge in [0.2, 0.25) is 11.8 Å². The number of ether oxygens (including phenoxy) is 2. The Labute approximate surface area is 215 Å². The van der Waals surface area contributed by atoms with Gasteiger partial charge >= 0.3 is 0 Å². The zero-order valence-corrected chi connectivity index (χ0v) is 21.6.